The second kappa shape index (κ2) is 7.45. The molecule has 0 aliphatic heterocycles. The molecule has 3 heteroatoms. The van der Waals surface area contributed by atoms with E-state index < -0.39 is 0 Å². The molecule has 0 aliphatic carbocycles. The highest BCUT2D eigenvalue weighted by Gasteiger charge is 2.13. The van der Waals surface area contributed by atoms with Crippen LogP contribution in [0.2, 0.25) is 0 Å². The zero-order chi connectivity index (χ0) is 21.8. The summed E-state index contributed by atoms with van der Waals surface area (Å²) in [5, 5.41) is 9.05. The molecule has 7 aromatic rings. The largest absolute Gasteiger partial charge is 0.354 e. The summed E-state index contributed by atoms with van der Waals surface area (Å²) in [4.78, 5) is 0. The van der Waals surface area contributed by atoms with Gasteiger partial charge in [-0.1, -0.05) is 72.8 Å². The third kappa shape index (κ3) is 3.05. The highest BCUT2D eigenvalue weighted by atomic mass is 32.1. The molecular formula is C30H19NS2. The zero-order valence-corrected chi connectivity index (χ0v) is 19.3. The molecule has 0 aliphatic rings. The van der Waals surface area contributed by atoms with E-state index in [9.17, 15) is 0 Å². The van der Waals surface area contributed by atoms with Crippen LogP contribution < -0.4 is 5.32 Å². The van der Waals surface area contributed by atoms with E-state index in [4.69, 9.17) is 0 Å². The van der Waals surface area contributed by atoms with Crippen molar-refractivity contribution in [3.8, 4) is 11.1 Å². The van der Waals surface area contributed by atoms with Crippen LogP contribution in [0.5, 0.6) is 0 Å². The molecule has 2 aromatic heterocycles. The lowest BCUT2D eigenvalue weighted by Gasteiger charge is -2.10. The predicted octanol–water partition coefficient (Wildman–Crippen LogP) is 9.83. The maximum atomic E-state index is 3.81. The van der Waals surface area contributed by atoms with Crippen molar-refractivity contribution in [3.63, 3.8) is 0 Å². The van der Waals surface area contributed by atoms with Gasteiger partial charge < -0.3 is 5.32 Å². The fraction of sp³-hybridized carbons (Fsp3) is 0. The summed E-state index contributed by atoms with van der Waals surface area (Å²) in [5.74, 6) is 0. The summed E-state index contributed by atoms with van der Waals surface area (Å²) < 4.78 is 5.26. The molecule has 2 heterocycles. The first kappa shape index (κ1) is 18.9. The van der Waals surface area contributed by atoms with Crippen LogP contribution in [0.4, 0.5) is 11.4 Å². The zero-order valence-electron chi connectivity index (χ0n) is 17.7. The van der Waals surface area contributed by atoms with Crippen molar-refractivity contribution in [1.29, 1.82) is 0 Å². The van der Waals surface area contributed by atoms with Gasteiger partial charge in [0.15, 0.2) is 0 Å². The van der Waals surface area contributed by atoms with Crippen molar-refractivity contribution in [2.45, 2.75) is 0 Å². The molecule has 0 spiro atoms. The summed E-state index contributed by atoms with van der Waals surface area (Å²) in [6, 6.07) is 39.3. The van der Waals surface area contributed by atoms with Gasteiger partial charge in [-0.25, -0.2) is 0 Å². The maximum Gasteiger partial charge on any atom is 0.0590 e. The molecule has 7 rings (SSSR count). The van der Waals surface area contributed by atoms with Gasteiger partial charge in [0.2, 0.25) is 0 Å². The fourth-order valence-corrected chi connectivity index (χ4v) is 7.02. The van der Waals surface area contributed by atoms with Crippen LogP contribution in [0.15, 0.2) is 109 Å². The van der Waals surface area contributed by atoms with E-state index in [0.717, 1.165) is 5.69 Å². The minimum atomic E-state index is 1.16. The number of rotatable bonds is 3. The number of hydrogen-bond acceptors (Lipinski definition) is 3. The van der Waals surface area contributed by atoms with Gasteiger partial charge in [0.1, 0.15) is 0 Å². The third-order valence-corrected chi connectivity index (χ3v) is 8.63. The van der Waals surface area contributed by atoms with Crippen molar-refractivity contribution in [2.75, 3.05) is 5.32 Å². The number of nitrogens with one attached hydrogen (secondary N) is 1. The smallest absolute Gasteiger partial charge is 0.0590 e. The van der Waals surface area contributed by atoms with Gasteiger partial charge >= 0.3 is 0 Å². The topological polar surface area (TPSA) is 12.0 Å². The Morgan fingerprint density at radius 2 is 1.18 bits per heavy atom. The molecular weight excluding hydrogens is 438 g/mol. The first-order valence-corrected chi connectivity index (χ1v) is 12.7. The van der Waals surface area contributed by atoms with E-state index in [1.165, 1.54) is 57.2 Å². The van der Waals surface area contributed by atoms with E-state index in [-0.39, 0.29) is 0 Å². The Labute approximate surface area is 199 Å². The van der Waals surface area contributed by atoms with E-state index in [0.29, 0.717) is 0 Å². The standard InChI is InChI=1S/C30H19NS2/c1-2-8-19(9-3-1)20-16-17-27-23(18-20)29-24(12-7-15-28(29)32-27)31-25-13-6-11-22-21-10-4-5-14-26(21)33-30(22)25/h1-18,31H. The van der Waals surface area contributed by atoms with Gasteiger partial charge in [-0.15, -0.1) is 22.7 Å². The Bertz CT molecular complexity index is 1790. The lowest BCUT2D eigenvalue weighted by molar-refractivity contribution is 1.64. The van der Waals surface area contributed by atoms with Gasteiger partial charge in [-0.05, 0) is 47.5 Å². The van der Waals surface area contributed by atoms with Crippen LogP contribution in [0.3, 0.4) is 0 Å². The molecule has 0 fully saturated rings. The summed E-state index contributed by atoms with van der Waals surface area (Å²) in [5.41, 5.74) is 4.83. The van der Waals surface area contributed by atoms with Gasteiger partial charge in [0.25, 0.3) is 0 Å². The average Bonchev–Trinajstić information content (AvgIpc) is 3.44. The summed E-state index contributed by atoms with van der Waals surface area (Å²) in [6.45, 7) is 0. The highest BCUT2D eigenvalue weighted by molar-refractivity contribution is 7.26. The van der Waals surface area contributed by atoms with Crippen LogP contribution in [0.1, 0.15) is 0 Å². The molecule has 1 nitrogen and oxygen atoms in total. The Morgan fingerprint density at radius 1 is 0.455 bits per heavy atom. The molecule has 33 heavy (non-hydrogen) atoms. The van der Waals surface area contributed by atoms with Gasteiger partial charge in [-0.3, -0.25) is 0 Å². The second-order valence-corrected chi connectivity index (χ2v) is 10.4. The number of benzene rings is 5. The molecule has 0 saturated carbocycles. The summed E-state index contributed by atoms with van der Waals surface area (Å²) in [7, 11) is 0. The molecule has 156 valence electrons. The van der Waals surface area contributed by atoms with Crippen LogP contribution in [-0.4, -0.2) is 0 Å². The van der Waals surface area contributed by atoms with Crippen LogP contribution >= 0.6 is 22.7 Å². The molecule has 0 unspecified atom stereocenters. The molecule has 0 bridgehead atoms. The first-order valence-electron chi connectivity index (χ1n) is 11.0. The molecule has 0 radical (unpaired) electrons. The third-order valence-electron chi connectivity index (χ3n) is 6.28. The van der Waals surface area contributed by atoms with Crippen LogP contribution in [-0.2, 0) is 0 Å². The van der Waals surface area contributed by atoms with Gasteiger partial charge in [0.05, 0.1) is 10.4 Å². The van der Waals surface area contributed by atoms with Crippen molar-refractivity contribution in [2.24, 2.45) is 0 Å². The van der Waals surface area contributed by atoms with E-state index in [2.05, 4.69) is 115 Å². The maximum absolute atomic E-state index is 3.81. The normalized spacial score (nSPS) is 11.6. The van der Waals surface area contributed by atoms with Gasteiger partial charge in [0, 0.05) is 41.3 Å². The monoisotopic (exact) mass is 457 g/mol. The quantitative estimate of drug-likeness (QED) is 0.278. The Balaban J connectivity index is 1.42. The van der Waals surface area contributed by atoms with Crippen LogP contribution in [0, 0.1) is 0 Å². The predicted molar refractivity (Wildman–Crippen MR) is 147 cm³/mol. The molecule has 5 aromatic carbocycles. The van der Waals surface area contributed by atoms with Crippen molar-refractivity contribution < 1.29 is 0 Å². The fourth-order valence-electron chi connectivity index (χ4n) is 4.73. The first-order chi connectivity index (χ1) is 16.3. The van der Waals surface area contributed by atoms with Gasteiger partial charge in [-0.2, -0.15) is 0 Å². The molecule has 0 saturated heterocycles. The van der Waals surface area contributed by atoms with Crippen molar-refractivity contribution in [1.82, 2.24) is 0 Å². The Kier molecular flexibility index (Phi) is 4.26. The minimum absolute atomic E-state index is 1.16. The lowest BCUT2D eigenvalue weighted by Crippen LogP contribution is -1.91. The average molecular weight is 458 g/mol. The number of fused-ring (bicyclic) bond motifs is 6. The summed E-state index contributed by atoms with van der Waals surface area (Å²) >= 11 is 3.72. The number of thiophene rings is 2. The summed E-state index contributed by atoms with van der Waals surface area (Å²) in [6.07, 6.45) is 0. The van der Waals surface area contributed by atoms with E-state index in [1.54, 1.807) is 0 Å². The van der Waals surface area contributed by atoms with Crippen molar-refractivity contribution >= 4 is 74.4 Å². The van der Waals surface area contributed by atoms with Crippen LogP contribution in [0.25, 0.3) is 51.5 Å². The van der Waals surface area contributed by atoms with Crippen molar-refractivity contribution in [3.05, 3.63) is 109 Å². The van der Waals surface area contributed by atoms with E-state index >= 15 is 0 Å². The number of hydrogen-bond donors (Lipinski definition) is 1. The Hall–Kier alpha value is -3.66. The highest BCUT2D eigenvalue weighted by Crippen LogP contribution is 2.43. The Morgan fingerprint density at radius 3 is 2.12 bits per heavy atom. The number of anilines is 2. The molecule has 0 amide bonds. The van der Waals surface area contributed by atoms with E-state index in [1.807, 2.05) is 22.7 Å². The second-order valence-electron chi connectivity index (χ2n) is 8.26. The minimum Gasteiger partial charge on any atom is -0.354 e. The molecule has 0 atom stereocenters. The molecule has 1 N–H and O–H groups in total. The lowest BCUT2D eigenvalue weighted by atomic mass is 10.0. The SMILES string of the molecule is c1ccc(-c2ccc3sc4cccc(Nc5cccc6c5sc5ccccc56)c4c3c2)cc1.